The molecule has 0 saturated carbocycles. The summed E-state index contributed by atoms with van der Waals surface area (Å²) in [5.74, 6) is 0.127. The number of aromatic nitrogens is 1. The van der Waals surface area contributed by atoms with Crippen LogP contribution in [0.5, 0.6) is 5.88 Å². The zero-order valence-electron chi connectivity index (χ0n) is 6.44. The molecule has 0 bridgehead atoms. The minimum atomic E-state index is 0. The Morgan fingerprint density at radius 1 is 1.58 bits per heavy atom. The van der Waals surface area contributed by atoms with Crippen LogP contribution in [0.4, 0.5) is 0 Å². The van der Waals surface area contributed by atoms with Gasteiger partial charge in [0.1, 0.15) is 5.01 Å². The van der Waals surface area contributed by atoms with Crippen molar-refractivity contribution in [1.82, 2.24) is 9.88 Å². The predicted octanol–water partition coefficient (Wildman–Crippen LogP) is 1.97. The Hall–Kier alpha value is -0.320. The van der Waals surface area contributed by atoms with Gasteiger partial charge in [-0.2, -0.15) is 0 Å². The lowest BCUT2D eigenvalue weighted by Crippen LogP contribution is -2.09. The third-order valence-corrected chi connectivity index (χ3v) is 1.81. The molecule has 0 aliphatic rings. The van der Waals surface area contributed by atoms with Gasteiger partial charge in [-0.25, -0.2) is 4.98 Å². The van der Waals surface area contributed by atoms with Gasteiger partial charge < -0.3 is 10.0 Å². The summed E-state index contributed by atoms with van der Waals surface area (Å²) in [7, 11) is 3.94. The van der Waals surface area contributed by atoms with Gasteiger partial charge in [-0.05, 0) is 14.1 Å². The monoisotopic (exact) mass is 210 g/mol. The highest BCUT2D eigenvalue weighted by Crippen LogP contribution is 2.14. The number of halogens is 1. The van der Waals surface area contributed by atoms with E-state index in [9.17, 15) is 0 Å². The number of thiazole rings is 1. The first-order valence-electron chi connectivity index (χ1n) is 2.96. The van der Waals surface area contributed by atoms with E-state index in [0.717, 1.165) is 11.6 Å². The molecule has 1 rings (SSSR count). The summed E-state index contributed by atoms with van der Waals surface area (Å²) in [6, 6.07) is 0. The second-order valence-corrected chi connectivity index (χ2v) is 3.28. The van der Waals surface area contributed by atoms with Crippen LogP contribution >= 0.6 is 23.7 Å². The molecule has 12 heavy (non-hydrogen) atoms. The van der Waals surface area contributed by atoms with E-state index in [2.05, 4.69) is 4.98 Å². The summed E-state index contributed by atoms with van der Waals surface area (Å²) < 4.78 is 0. The highest BCUT2D eigenvalue weighted by molar-refractivity contribution is 7.09. The Morgan fingerprint density at radius 3 is 2.50 bits per heavy atom. The van der Waals surface area contributed by atoms with Crippen molar-refractivity contribution in [2.45, 2.75) is 14.0 Å². The largest absolute Gasteiger partial charge is 0.493 e. The number of nitrogens with zero attached hydrogens (tertiary/aromatic N) is 2. The maximum Gasteiger partial charge on any atom is 0.222 e. The first-order chi connectivity index (χ1) is 4.68. The molecule has 0 radical (unpaired) electrons. The molecule has 0 spiro atoms. The summed E-state index contributed by atoms with van der Waals surface area (Å²) in [5, 5.41) is 11.4. The first kappa shape index (κ1) is 14.2. The van der Waals surface area contributed by atoms with Gasteiger partial charge in [0, 0.05) is 6.54 Å². The second kappa shape index (κ2) is 6.22. The Morgan fingerprint density at radius 2 is 2.17 bits per heavy atom. The maximum absolute atomic E-state index is 8.85. The fourth-order valence-electron chi connectivity index (χ4n) is 0.644. The van der Waals surface area contributed by atoms with Gasteiger partial charge in [0.25, 0.3) is 0 Å². The van der Waals surface area contributed by atoms with Gasteiger partial charge in [-0.15, -0.1) is 23.7 Å². The topological polar surface area (TPSA) is 36.4 Å². The van der Waals surface area contributed by atoms with E-state index in [-0.39, 0.29) is 25.7 Å². The summed E-state index contributed by atoms with van der Waals surface area (Å²) in [4.78, 5) is 5.90. The van der Waals surface area contributed by atoms with Crippen molar-refractivity contribution in [3.05, 3.63) is 10.4 Å². The van der Waals surface area contributed by atoms with Crippen LogP contribution in [0.25, 0.3) is 0 Å². The Balaban J connectivity index is 0. The molecule has 0 aliphatic carbocycles. The average Bonchev–Trinajstić information content (AvgIpc) is 2.13. The minimum Gasteiger partial charge on any atom is -0.493 e. The van der Waals surface area contributed by atoms with Crippen LogP contribution < -0.4 is 0 Å². The normalized spacial score (nSPS) is 8.92. The molecular weight excluding hydrogens is 196 g/mol. The molecule has 1 aromatic heterocycles. The van der Waals surface area contributed by atoms with Crippen LogP contribution in [0.15, 0.2) is 5.38 Å². The Kier molecular flexibility index (Phi) is 7.37. The molecule has 0 unspecified atom stereocenters. The Bertz CT molecular complexity index is 215. The third-order valence-electron chi connectivity index (χ3n) is 0.991. The van der Waals surface area contributed by atoms with Crippen molar-refractivity contribution in [2.24, 2.45) is 0 Å². The molecule has 0 aliphatic heterocycles. The van der Waals surface area contributed by atoms with Gasteiger partial charge in [0.05, 0.1) is 5.38 Å². The smallest absolute Gasteiger partial charge is 0.222 e. The number of hydrogen-bond acceptors (Lipinski definition) is 4. The molecule has 72 valence electrons. The molecule has 0 fully saturated rings. The van der Waals surface area contributed by atoms with E-state index in [4.69, 9.17) is 5.11 Å². The van der Waals surface area contributed by atoms with E-state index >= 15 is 0 Å². The SMILES string of the molecule is C.CN(C)Cc1nc(O)cs1.Cl. The van der Waals surface area contributed by atoms with Crippen molar-refractivity contribution in [1.29, 1.82) is 0 Å². The van der Waals surface area contributed by atoms with E-state index in [1.165, 1.54) is 11.3 Å². The molecule has 3 nitrogen and oxygen atoms in total. The molecule has 0 amide bonds. The molecule has 1 aromatic rings. The lowest BCUT2D eigenvalue weighted by Gasteiger charge is -2.04. The average molecular weight is 211 g/mol. The number of rotatable bonds is 2. The minimum absolute atomic E-state index is 0. The lowest BCUT2D eigenvalue weighted by molar-refractivity contribution is 0.396. The van der Waals surface area contributed by atoms with Crippen molar-refractivity contribution >= 4 is 23.7 Å². The summed E-state index contributed by atoms with van der Waals surface area (Å²) in [5.41, 5.74) is 0. The van der Waals surface area contributed by atoms with Gasteiger partial charge in [0.15, 0.2) is 0 Å². The summed E-state index contributed by atoms with van der Waals surface area (Å²) in [6.07, 6.45) is 0. The van der Waals surface area contributed by atoms with E-state index in [1.807, 2.05) is 19.0 Å². The molecule has 5 heteroatoms. The molecule has 0 saturated heterocycles. The quantitative estimate of drug-likeness (QED) is 0.811. The van der Waals surface area contributed by atoms with Crippen LogP contribution in [0.3, 0.4) is 0 Å². The number of aromatic hydroxyl groups is 1. The van der Waals surface area contributed by atoms with Crippen LogP contribution in [0.1, 0.15) is 12.4 Å². The lowest BCUT2D eigenvalue weighted by atomic mass is 10.6. The van der Waals surface area contributed by atoms with Crippen molar-refractivity contribution in [2.75, 3.05) is 14.1 Å². The molecule has 0 atom stereocenters. The van der Waals surface area contributed by atoms with Crippen LogP contribution in [-0.2, 0) is 6.54 Å². The zero-order chi connectivity index (χ0) is 7.56. The van der Waals surface area contributed by atoms with E-state index in [1.54, 1.807) is 5.38 Å². The fourth-order valence-corrected chi connectivity index (χ4v) is 1.42. The molecule has 0 aromatic carbocycles. The molecular formula is C7H15ClN2OS. The maximum atomic E-state index is 8.85. The van der Waals surface area contributed by atoms with Gasteiger partial charge in [-0.3, -0.25) is 0 Å². The molecule has 1 N–H and O–H groups in total. The summed E-state index contributed by atoms with van der Waals surface area (Å²) in [6.45, 7) is 0.797. The zero-order valence-corrected chi connectivity index (χ0v) is 8.08. The van der Waals surface area contributed by atoms with E-state index < -0.39 is 0 Å². The van der Waals surface area contributed by atoms with Gasteiger partial charge >= 0.3 is 0 Å². The van der Waals surface area contributed by atoms with Crippen molar-refractivity contribution < 1.29 is 5.11 Å². The van der Waals surface area contributed by atoms with Crippen LogP contribution in [0.2, 0.25) is 0 Å². The molecule has 1 heterocycles. The highest BCUT2D eigenvalue weighted by Gasteiger charge is 1.99. The second-order valence-electron chi connectivity index (χ2n) is 2.34. The van der Waals surface area contributed by atoms with Crippen LogP contribution in [0, 0.1) is 0 Å². The van der Waals surface area contributed by atoms with E-state index in [0.29, 0.717) is 0 Å². The standard InChI is InChI=1S/C6H10N2OS.CH4.ClH/c1-8(2)3-6-7-5(9)4-10-6;;/h4,9H,3H2,1-2H3;1H4;1H. The van der Waals surface area contributed by atoms with Gasteiger partial charge in [-0.1, -0.05) is 7.43 Å². The predicted molar refractivity (Wildman–Crippen MR) is 55.1 cm³/mol. The highest BCUT2D eigenvalue weighted by atomic mass is 35.5. The van der Waals surface area contributed by atoms with Crippen molar-refractivity contribution in [3.63, 3.8) is 0 Å². The van der Waals surface area contributed by atoms with Crippen molar-refractivity contribution in [3.8, 4) is 5.88 Å². The first-order valence-corrected chi connectivity index (χ1v) is 3.84. The van der Waals surface area contributed by atoms with Gasteiger partial charge in [0.2, 0.25) is 5.88 Å². The Labute approximate surface area is 83.5 Å². The van der Waals surface area contributed by atoms with Crippen LogP contribution in [-0.4, -0.2) is 29.1 Å². The third kappa shape index (κ3) is 4.54. The number of hydrogen-bond donors (Lipinski definition) is 1. The fraction of sp³-hybridized carbons (Fsp3) is 0.571. The summed E-state index contributed by atoms with van der Waals surface area (Å²) >= 11 is 1.48.